The Bertz CT molecular complexity index is 3600. The number of fused-ring (bicyclic) bond motifs is 4. The van der Waals surface area contributed by atoms with Crippen LogP contribution in [-0.4, -0.2) is 0 Å². The summed E-state index contributed by atoms with van der Waals surface area (Å²) in [7, 11) is 0. The zero-order chi connectivity index (χ0) is 51.1. The lowest BCUT2D eigenvalue weighted by atomic mass is 9.72. The highest BCUT2D eigenvalue weighted by Crippen LogP contribution is 2.55. The molecule has 0 bridgehead atoms. The second kappa shape index (κ2) is 19.6. The summed E-state index contributed by atoms with van der Waals surface area (Å²) >= 11 is 7.26. The molecule has 0 aliphatic carbocycles. The van der Waals surface area contributed by atoms with Gasteiger partial charge in [0.25, 0.3) is 0 Å². The van der Waals surface area contributed by atoms with Crippen molar-refractivity contribution in [1.82, 2.24) is 0 Å². The first-order valence-corrected chi connectivity index (χ1v) is 26.3. The standard InChI is InChI=1S/C46H34N2.C22H16Br2N2/c1-46(2)42-29-39(37-19-15-35(16-20-37)33-9-5-3-6-10-33)23-27-44(42)48(41-25-13-32(31-47)14-26-41)45-28-24-40(30-43(45)46)38-21-17-36(18-22-38)34-11-7-4-8-12-34;1-22(2)18-11-15(23)5-9-20(18)26(17-7-3-14(13-25)4-8-17)21-10-6-16(24)12-19(21)22/h3-30H,1-2H3;3-12H,1-2H3. The molecule has 0 unspecified atom stereocenters. The lowest BCUT2D eigenvalue weighted by molar-refractivity contribution is 0.631. The summed E-state index contributed by atoms with van der Waals surface area (Å²) in [6, 6.07) is 85.5. The third kappa shape index (κ3) is 8.92. The Morgan fingerprint density at radius 3 is 0.905 bits per heavy atom. The van der Waals surface area contributed by atoms with Gasteiger partial charge in [-0.2, -0.15) is 10.5 Å². The van der Waals surface area contributed by atoms with Crippen molar-refractivity contribution in [3.8, 4) is 56.6 Å². The molecular formula is C68H50Br2N4. The van der Waals surface area contributed by atoms with E-state index in [1.165, 1.54) is 66.8 Å². The fraction of sp³-hybridized carbons (Fsp3) is 0.0882. The third-order valence-corrected chi connectivity index (χ3v) is 15.7. The van der Waals surface area contributed by atoms with E-state index < -0.39 is 0 Å². The van der Waals surface area contributed by atoms with Crippen LogP contribution in [0.5, 0.6) is 0 Å². The molecule has 0 spiro atoms. The van der Waals surface area contributed by atoms with E-state index in [4.69, 9.17) is 5.26 Å². The largest absolute Gasteiger partial charge is 0.310 e. The van der Waals surface area contributed by atoms with Crippen LogP contribution in [-0.2, 0) is 10.8 Å². The highest BCUT2D eigenvalue weighted by molar-refractivity contribution is 9.10. The van der Waals surface area contributed by atoms with Gasteiger partial charge in [0.15, 0.2) is 0 Å². The predicted molar refractivity (Wildman–Crippen MR) is 313 cm³/mol. The highest BCUT2D eigenvalue weighted by Gasteiger charge is 2.39. The Morgan fingerprint density at radius 2 is 0.581 bits per heavy atom. The molecule has 0 atom stereocenters. The van der Waals surface area contributed by atoms with E-state index in [0.29, 0.717) is 11.1 Å². The second-order valence-electron chi connectivity index (χ2n) is 19.9. The topological polar surface area (TPSA) is 54.1 Å². The van der Waals surface area contributed by atoms with E-state index in [-0.39, 0.29) is 10.8 Å². The first-order valence-electron chi connectivity index (χ1n) is 24.7. The van der Waals surface area contributed by atoms with Crippen molar-refractivity contribution in [2.45, 2.75) is 38.5 Å². The second-order valence-corrected chi connectivity index (χ2v) is 21.7. The maximum Gasteiger partial charge on any atom is 0.0991 e. The molecule has 0 fully saturated rings. The zero-order valence-electron chi connectivity index (χ0n) is 41.5. The van der Waals surface area contributed by atoms with Gasteiger partial charge in [-0.1, -0.05) is 181 Å². The molecule has 10 aromatic carbocycles. The molecule has 0 radical (unpaired) electrons. The van der Waals surface area contributed by atoms with Crippen molar-refractivity contribution in [3.63, 3.8) is 0 Å². The minimum absolute atomic E-state index is 0.124. The van der Waals surface area contributed by atoms with Crippen LogP contribution in [0, 0.1) is 22.7 Å². The van der Waals surface area contributed by atoms with Gasteiger partial charge in [-0.05, 0) is 176 Å². The van der Waals surface area contributed by atoms with Gasteiger partial charge in [0, 0.05) is 31.2 Å². The lowest BCUT2D eigenvalue weighted by Crippen LogP contribution is -2.30. The number of hydrogen-bond acceptors (Lipinski definition) is 4. The van der Waals surface area contributed by atoms with E-state index in [9.17, 15) is 5.26 Å². The summed E-state index contributed by atoms with van der Waals surface area (Å²) in [5.74, 6) is 0. The van der Waals surface area contributed by atoms with Crippen molar-refractivity contribution < 1.29 is 0 Å². The maximum absolute atomic E-state index is 9.50. The fourth-order valence-corrected chi connectivity index (χ4v) is 11.4. The van der Waals surface area contributed by atoms with E-state index in [0.717, 1.165) is 43.1 Å². The SMILES string of the molecule is CC1(C)c2cc(-c3ccc(-c4ccccc4)cc3)ccc2N(c2ccc(C#N)cc2)c2ccc(-c3ccc(-c4ccccc4)cc3)cc21.CC1(C)c2cc(Br)ccc2N(c2ccc(C#N)cc2)c2ccc(Br)cc21. The van der Waals surface area contributed by atoms with Gasteiger partial charge in [0.1, 0.15) is 0 Å². The number of rotatable bonds is 6. The smallest absolute Gasteiger partial charge is 0.0991 e. The Labute approximate surface area is 451 Å². The molecule has 2 heterocycles. The van der Waals surface area contributed by atoms with Gasteiger partial charge < -0.3 is 9.80 Å². The van der Waals surface area contributed by atoms with Gasteiger partial charge >= 0.3 is 0 Å². The number of nitriles is 2. The summed E-state index contributed by atoms with van der Waals surface area (Å²) in [5, 5.41) is 18.6. The number of benzene rings is 10. The summed E-state index contributed by atoms with van der Waals surface area (Å²) in [6.45, 7) is 9.20. The molecule has 12 rings (SSSR count). The summed E-state index contributed by atoms with van der Waals surface area (Å²) in [5.41, 5.74) is 22.3. The lowest BCUT2D eigenvalue weighted by Gasteiger charge is -2.42. The number of nitrogens with zero attached hydrogens (tertiary/aromatic N) is 4. The first-order chi connectivity index (χ1) is 35.9. The molecule has 74 heavy (non-hydrogen) atoms. The fourth-order valence-electron chi connectivity index (χ4n) is 10.7. The Balaban J connectivity index is 0.000000190. The van der Waals surface area contributed by atoms with Crippen LogP contribution in [0.3, 0.4) is 0 Å². The molecule has 0 N–H and O–H groups in total. The van der Waals surface area contributed by atoms with Crippen LogP contribution in [0.25, 0.3) is 44.5 Å². The quantitative estimate of drug-likeness (QED) is 0.166. The van der Waals surface area contributed by atoms with E-state index >= 15 is 0 Å². The minimum Gasteiger partial charge on any atom is -0.310 e. The monoisotopic (exact) mass is 1080 g/mol. The number of halogens is 2. The van der Waals surface area contributed by atoms with Gasteiger partial charge in [0.05, 0.1) is 46.0 Å². The molecule has 0 amide bonds. The maximum atomic E-state index is 9.50. The average molecular weight is 1080 g/mol. The molecule has 356 valence electrons. The molecule has 6 heteroatoms. The minimum atomic E-state index is -0.270. The van der Waals surface area contributed by atoms with Gasteiger partial charge in [0.2, 0.25) is 0 Å². The normalized spacial score (nSPS) is 13.4. The summed E-state index contributed by atoms with van der Waals surface area (Å²) in [6.07, 6.45) is 0. The molecule has 10 aromatic rings. The van der Waals surface area contributed by atoms with Crippen LogP contribution in [0.1, 0.15) is 61.1 Å². The van der Waals surface area contributed by atoms with Crippen LogP contribution < -0.4 is 9.80 Å². The van der Waals surface area contributed by atoms with Crippen molar-refractivity contribution >= 4 is 66.0 Å². The molecule has 0 saturated heterocycles. The van der Waals surface area contributed by atoms with Crippen LogP contribution >= 0.6 is 31.9 Å². The third-order valence-electron chi connectivity index (χ3n) is 14.7. The van der Waals surface area contributed by atoms with E-state index in [1.807, 2.05) is 36.4 Å². The van der Waals surface area contributed by atoms with Gasteiger partial charge in [-0.3, -0.25) is 0 Å². The molecule has 0 aromatic heterocycles. The first kappa shape index (κ1) is 48.0. The predicted octanol–water partition coefficient (Wildman–Crippen LogP) is 19.5. The summed E-state index contributed by atoms with van der Waals surface area (Å²) < 4.78 is 2.14. The van der Waals surface area contributed by atoms with E-state index in [2.05, 4.69) is 276 Å². The van der Waals surface area contributed by atoms with Gasteiger partial charge in [-0.25, -0.2) is 0 Å². The molecule has 0 saturated carbocycles. The Hall–Kier alpha value is -8.26. The molecule has 4 nitrogen and oxygen atoms in total. The summed E-state index contributed by atoms with van der Waals surface area (Å²) in [4.78, 5) is 4.62. The van der Waals surface area contributed by atoms with Crippen molar-refractivity contribution in [2.75, 3.05) is 9.80 Å². The van der Waals surface area contributed by atoms with Gasteiger partial charge in [-0.15, -0.1) is 0 Å². The van der Waals surface area contributed by atoms with E-state index in [1.54, 1.807) is 0 Å². The number of anilines is 6. The van der Waals surface area contributed by atoms with Crippen LogP contribution in [0.2, 0.25) is 0 Å². The van der Waals surface area contributed by atoms with Crippen molar-refractivity contribution in [3.05, 3.63) is 273 Å². The average Bonchev–Trinajstić information content (AvgIpc) is 3.45. The van der Waals surface area contributed by atoms with Crippen LogP contribution in [0.15, 0.2) is 239 Å². The highest BCUT2D eigenvalue weighted by atomic mass is 79.9. The Morgan fingerprint density at radius 1 is 0.311 bits per heavy atom. The van der Waals surface area contributed by atoms with Crippen LogP contribution in [0.4, 0.5) is 34.1 Å². The molecule has 2 aliphatic rings. The number of hydrogen-bond donors (Lipinski definition) is 0. The van der Waals surface area contributed by atoms with Crippen molar-refractivity contribution in [1.29, 1.82) is 10.5 Å². The van der Waals surface area contributed by atoms with Crippen molar-refractivity contribution in [2.24, 2.45) is 0 Å². The molecular weight excluding hydrogens is 1030 g/mol. The zero-order valence-corrected chi connectivity index (χ0v) is 44.7. The molecule has 2 aliphatic heterocycles. The Kier molecular flexibility index (Phi) is 12.7.